The van der Waals surface area contributed by atoms with Crippen LogP contribution in [0.15, 0.2) is 35.4 Å². The number of nitrogens with zero attached hydrogens (tertiary/aromatic N) is 1. The molecule has 0 radical (unpaired) electrons. The molecule has 2 aromatic rings. The summed E-state index contributed by atoms with van der Waals surface area (Å²) in [7, 11) is -3.15. The topological polar surface area (TPSA) is 47.0 Å². The second kappa shape index (κ2) is 4.76. The zero-order valence-corrected chi connectivity index (χ0v) is 11.4. The van der Waals surface area contributed by atoms with E-state index in [-0.39, 0.29) is 0 Å². The molecule has 1 aromatic carbocycles. The van der Waals surface area contributed by atoms with Crippen LogP contribution in [0.4, 0.5) is 0 Å². The van der Waals surface area contributed by atoms with E-state index in [2.05, 4.69) is 4.98 Å². The van der Waals surface area contributed by atoms with Gasteiger partial charge in [0.2, 0.25) is 0 Å². The van der Waals surface area contributed by atoms with Crippen molar-refractivity contribution in [2.45, 2.75) is 11.3 Å². The number of aromatic nitrogens is 1. The summed E-state index contributed by atoms with van der Waals surface area (Å²) in [5.74, 6) is 0. The Hall–Kier alpha value is -0.910. The Morgan fingerprint density at radius 2 is 2.18 bits per heavy atom. The van der Waals surface area contributed by atoms with Gasteiger partial charge in [-0.05, 0) is 17.7 Å². The van der Waals surface area contributed by atoms with Crippen molar-refractivity contribution in [1.82, 2.24) is 4.98 Å². The molecule has 0 amide bonds. The maximum atomic E-state index is 11.4. The second-order valence-electron chi connectivity index (χ2n) is 3.68. The summed E-state index contributed by atoms with van der Waals surface area (Å²) in [5, 5.41) is 0. The van der Waals surface area contributed by atoms with Crippen molar-refractivity contribution in [2.24, 2.45) is 0 Å². The van der Waals surface area contributed by atoms with Gasteiger partial charge in [0.1, 0.15) is 0 Å². The fraction of sp³-hybridized carbons (Fsp3) is 0.182. The number of halogens is 1. The van der Waals surface area contributed by atoms with Crippen molar-refractivity contribution < 1.29 is 8.42 Å². The van der Waals surface area contributed by atoms with E-state index in [0.29, 0.717) is 15.8 Å². The number of thiazole rings is 1. The Bertz CT molecular complexity index is 634. The molecule has 0 fully saturated rings. The highest BCUT2D eigenvalue weighted by Crippen LogP contribution is 2.21. The minimum absolute atomic E-state index is 0.339. The maximum absolute atomic E-state index is 11.4. The molecule has 1 heterocycles. The summed E-state index contributed by atoms with van der Waals surface area (Å²) in [6.07, 6.45) is 3.56. The fourth-order valence-corrected chi connectivity index (χ4v) is 3.16. The van der Waals surface area contributed by atoms with Crippen LogP contribution in [0.5, 0.6) is 0 Å². The molecular formula is C11H10ClNO2S2. The molecule has 3 nitrogen and oxygen atoms in total. The predicted molar refractivity (Wildman–Crippen MR) is 69.5 cm³/mol. The Morgan fingerprint density at radius 1 is 1.41 bits per heavy atom. The summed E-state index contributed by atoms with van der Waals surface area (Å²) in [6.45, 7) is 0. The average Bonchev–Trinajstić information content (AvgIpc) is 2.63. The molecule has 2 rings (SSSR count). The van der Waals surface area contributed by atoms with Crippen LogP contribution in [0.2, 0.25) is 4.47 Å². The summed E-state index contributed by atoms with van der Waals surface area (Å²) in [6, 6.07) is 6.91. The fourth-order valence-electron chi connectivity index (χ4n) is 1.45. The molecule has 0 saturated carbocycles. The monoisotopic (exact) mass is 287 g/mol. The van der Waals surface area contributed by atoms with E-state index in [1.54, 1.807) is 24.4 Å². The van der Waals surface area contributed by atoms with Gasteiger partial charge in [-0.25, -0.2) is 13.4 Å². The van der Waals surface area contributed by atoms with Gasteiger partial charge in [0.05, 0.1) is 4.90 Å². The Balaban J connectivity index is 2.28. The van der Waals surface area contributed by atoms with E-state index in [1.165, 1.54) is 17.6 Å². The molecule has 0 aliphatic heterocycles. The van der Waals surface area contributed by atoms with Gasteiger partial charge in [-0.15, -0.1) is 11.3 Å². The number of benzene rings is 1. The van der Waals surface area contributed by atoms with E-state index in [4.69, 9.17) is 11.6 Å². The highest BCUT2D eigenvalue weighted by molar-refractivity contribution is 7.90. The molecule has 0 bridgehead atoms. The third kappa shape index (κ3) is 3.28. The second-order valence-corrected chi connectivity index (χ2v) is 7.39. The molecule has 0 aliphatic carbocycles. The van der Waals surface area contributed by atoms with E-state index in [1.807, 2.05) is 6.07 Å². The minimum atomic E-state index is -3.15. The highest BCUT2D eigenvalue weighted by Gasteiger charge is 2.08. The number of hydrogen-bond acceptors (Lipinski definition) is 4. The maximum Gasteiger partial charge on any atom is 0.183 e. The lowest BCUT2D eigenvalue weighted by Gasteiger charge is -2.02. The van der Waals surface area contributed by atoms with E-state index < -0.39 is 9.84 Å². The number of rotatable bonds is 3. The third-order valence-corrected chi connectivity index (χ3v) is 4.46. The molecular weight excluding hydrogens is 278 g/mol. The summed E-state index contributed by atoms with van der Waals surface area (Å²) < 4.78 is 23.3. The molecule has 1 aromatic heterocycles. The lowest BCUT2D eigenvalue weighted by molar-refractivity contribution is 0.602. The van der Waals surface area contributed by atoms with E-state index in [9.17, 15) is 8.42 Å². The van der Waals surface area contributed by atoms with Gasteiger partial charge in [-0.2, -0.15) is 0 Å². The van der Waals surface area contributed by atoms with Crippen LogP contribution in [-0.4, -0.2) is 19.7 Å². The lowest BCUT2D eigenvalue weighted by Crippen LogP contribution is -1.98. The van der Waals surface area contributed by atoms with Crippen LogP contribution in [0.1, 0.15) is 10.4 Å². The molecule has 0 aliphatic rings. The standard InChI is InChI=1S/C11H10ClNO2S2/c1-17(14,15)10-4-2-3-8(6-10)5-9-7-13-11(12)16-9/h2-4,6-7H,5H2,1H3. The number of hydrogen-bond donors (Lipinski definition) is 0. The van der Waals surface area contributed by atoms with Crippen molar-refractivity contribution >= 4 is 32.8 Å². The average molecular weight is 288 g/mol. The van der Waals surface area contributed by atoms with Crippen molar-refractivity contribution in [2.75, 3.05) is 6.26 Å². The normalized spacial score (nSPS) is 11.6. The molecule has 17 heavy (non-hydrogen) atoms. The molecule has 0 atom stereocenters. The van der Waals surface area contributed by atoms with Crippen molar-refractivity contribution in [3.8, 4) is 0 Å². The Labute approximate surface area is 109 Å². The first-order valence-electron chi connectivity index (χ1n) is 4.84. The third-order valence-electron chi connectivity index (χ3n) is 2.23. The van der Waals surface area contributed by atoms with E-state index in [0.717, 1.165) is 10.4 Å². The molecule has 0 N–H and O–H groups in total. The van der Waals surface area contributed by atoms with Crippen LogP contribution in [0.3, 0.4) is 0 Å². The lowest BCUT2D eigenvalue weighted by atomic mass is 10.1. The van der Waals surface area contributed by atoms with Crippen LogP contribution in [0.25, 0.3) is 0 Å². The van der Waals surface area contributed by atoms with Crippen LogP contribution >= 0.6 is 22.9 Å². The largest absolute Gasteiger partial charge is 0.233 e. The SMILES string of the molecule is CS(=O)(=O)c1cccc(Cc2cnc(Cl)s2)c1. The minimum Gasteiger partial charge on any atom is -0.233 e. The van der Waals surface area contributed by atoms with Gasteiger partial charge in [-0.1, -0.05) is 23.7 Å². The Morgan fingerprint density at radius 3 is 2.76 bits per heavy atom. The quantitative estimate of drug-likeness (QED) is 0.872. The Kier molecular flexibility index (Phi) is 3.51. The van der Waals surface area contributed by atoms with Gasteiger partial charge >= 0.3 is 0 Å². The van der Waals surface area contributed by atoms with Gasteiger partial charge in [0, 0.05) is 23.8 Å². The van der Waals surface area contributed by atoms with Gasteiger partial charge < -0.3 is 0 Å². The smallest absolute Gasteiger partial charge is 0.183 e. The highest BCUT2D eigenvalue weighted by atomic mass is 35.5. The van der Waals surface area contributed by atoms with Crippen molar-refractivity contribution in [3.63, 3.8) is 0 Å². The van der Waals surface area contributed by atoms with Gasteiger partial charge in [0.15, 0.2) is 14.3 Å². The first kappa shape index (κ1) is 12.5. The predicted octanol–water partition coefficient (Wildman–Crippen LogP) is 2.79. The summed E-state index contributed by atoms with van der Waals surface area (Å²) >= 11 is 7.14. The molecule has 6 heteroatoms. The first-order chi connectivity index (χ1) is 7.95. The molecule has 0 saturated heterocycles. The molecule has 0 spiro atoms. The van der Waals surface area contributed by atoms with Crippen molar-refractivity contribution in [3.05, 3.63) is 45.4 Å². The van der Waals surface area contributed by atoms with Gasteiger partial charge in [-0.3, -0.25) is 0 Å². The zero-order chi connectivity index (χ0) is 12.5. The van der Waals surface area contributed by atoms with Crippen LogP contribution < -0.4 is 0 Å². The van der Waals surface area contributed by atoms with Crippen LogP contribution in [0, 0.1) is 0 Å². The summed E-state index contributed by atoms with van der Waals surface area (Å²) in [5.41, 5.74) is 0.938. The number of sulfone groups is 1. The van der Waals surface area contributed by atoms with Gasteiger partial charge in [0.25, 0.3) is 0 Å². The van der Waals surface area contributed by atoms with Crippen molar-refractivity contribution in [1.29, 1.82) is 0 Å². The van der Waals surface area contributed by atoms with Crippen LogP contribution in [-0.2, 0) is 16.3 Å². The first-order valence-corrected chi connectivity index (χ1v) is 7.93. The molecule has 0 unspecified atom stereocenters. The van der Waals surface area contributed by atoms with E-state index >= 15 is 0 Å². The summed E-state index contributed by atoms with van der Waals surface area (Å²) in [4.78, 5) is 5.30. The molecule has 90 valence electrons. The zero-order valence-electron chi connectivity index (χ0n) is 9.05.